The lowest BCUT2D eigenvalue weighted by molar-refractivity contribution is 0.428. The number of rotatable bonds is 4. The average molecular weight is 263 g/mol. The predicted octanol–water partition coefficient (Wildman–Crippen LogP) is 1.54. The Balaban J connectivity index is 1.71. The fourth-order valence-electron chi connectivity index (χ4n) is 2.48. The summed E-state index contributed by atoms with van der Waals surface area (Å²) in [5.74, 6) is 0.730. The van der Waals surface area contributed by atoms with Crippen molar-refractivity contribution in [3.05, 3.63) is 18.0 Å². The van der Waals surface area contributed by atoms with Crippen LogP contribution in [0.4, 0.5) is 0 Å². The first-order valence-corrected chi connectivity index (χ1v) is 7.28. The van der Waals surface area contributed by atoms with E-state index in [1.807, 2.05) is 17.9 Å². The van der Waals surface area contributed by atoms with E-state index in [0.717, 1.165) is 38.4 Å². The molecular weight excluding hydrogens is 238 g/mol. The molecule has 2 N–H and O–H groups in total. The summed E-state index contributed by atoms with van der Waals surface area (Å²) in [6.45, 7) is 2.94. The van der Waals surface area contributed by atoms with Crippen LogP contribution in [0.5, 0.6) is 0 Å². The topological polar surface area (TPSA) is 59.4 Å². The molecule has 1 fully saturated rings. The Hall–Kier alpha value is -1.52. The first-order valence-electron chi connectivity index (χ1n) is 7.28. The molecule has 0 aromatic carbocycles. The molecule has 19 heavy (non-hydrogen) atoms. The standard InChI is InChI=1S/C14H25N5/c1-18-12-13(11-17-18)7-6-8-16-14(15)19-9-4-2-3-5-10-19/h11-12H,2-10H2,1H3,(H2,15,16). The highest BCUT2D eigenvalue weighted by molar-refractivity contribution is 5.78. The molecule has 1 aromatic heterocycles. The van der Waals surface area contributed by atoms with E-state index in [4.69, 9.17) is 5.73 Å². The number of aromatic nitrogens is 2. The lowest BCUT2D eigenvalue weighted by Crippen LogP contribution is -2.38. The zero-order valence-corrected chi connectivity index (χ0v) is 11.9. The van der Waals surface area contributed by atoms with Crippen molar-refractivity contribution >= 4 is 5.96 Å². The van der Waals surface area contributed by atoms with Crippen LogP contribution in [0.15, 0.2) is 17.4 Å². The van der Waals surface area contributed by atoms with Crippen LogP contribution in [-0.2, 0) is 13.5 Å². The first-order chi connectivity index (χ1) is 9.25. The van der Waals surface area contributed by atoms with E-state index in [2.05, 4.69) is 21.2 Å². The molecular formula is C14H25N5. The van der Waals surface area contributed by atoms with E-state index in [0.29, 0.717) is 0 Å². The molecule has 0 bridgehead atoms. The Bertz CT molecular complexity index is 402. The molecule has 1 aromatic rings. The molecule has 5 nitrogen and oxygen atoms in total. The minimum atomic E-state index is 0.730. The third-order valence-electron chi connectivity index (χ3n) is 3.59. The predicted molar refractivity (Wildman–Crippen MR) is 78.1 cm³/mol. The summed E-state index contributed by atoms with van der Waals surface area (Å²) in [6, 6.07) is 0. The van der Waals surface area contributed by atoms with Crippen molar-refractivity contribution in [1.82, 2.24) is 14.7 Å². The summed E-state index contributed by atoms with van der Waals surface area (Å²) >= 11 is 0. The fraction of sp³-hybridized carbons (Fsp3) is 0.714. The molecule has 1 aliphatic heterocycles. The number of hydrogen-bond acceptors (Lipinski definition) is 2. The lowest BCUT2D eigenvalue weighted by atomic mass is 10.2. The number of likely N-dealkylation sites (tertiary alicyclic amines) is 1. The van der Waals surface area contributed by atoms with Crippen LogP contribution in [-0.4, -0.2) is 40.3 Å². The molecule has 2 heterocycles. The molecule has 2 rings (SSSR count). The minimum absolute atomic E-state index is 0.730. The fourth-order valence-corrected chi connectivity index (χ4v) is 2.48. The molecule has 0 atom stereocenters. The van der Waals surface area contributed by atoms with E-state index in [1.54, 1.807) is 0 Å². The van der Waals surface area contributed by atoms with Crippen LogP contribution in [0.1, 0.15) is 37.7 Å². The molecule has 106 valence electrons. The number of nitrogens with two attached hydrogens (primary N) is 1. The molecule has 1 saturated heterocycles. The van der Waals surface area contributed by atoms with Crippen LogP contribution in [0.3, 0.4) is 0 Å². The van der Waals surface area contributed by atoms with Crippen LogP contribution in [0.2, 0.25) is 0 Å². The summed E-state index contributed by atoms with van der Waals surface area (Å²) in [7, 11) is 1.94. The van der Waals surface area contributed by atoms with E-state index in [-0.39, 0.29) is 0 Å². The average Bonchev–Trinajstić information content (AvgIpc) is 2.67. The Morgan fingerprint density at radius 1 is 1.32 bits per heavy atom. The van der Waals surface area contributed by atoms with Gasteiger partial charge in [0.1, 0.15) is 0 Å². The highest BCUT2D eigenvalue weighted by Crippen LogP contribution is 2.09. The largest absolute Gasteiger partial charge is 0.370 e. The monoisotopic (exact) mass is 263 g/mol. The van der Waals surface area contributed by atoms with E-state index >= 15 is 0 Å². The lowest BCUT2D eigenvalue weighted by Gasteiger charge is -2.21. The van der Waals surface area contributed by atoms with Gasteiger partial charge in [0.15, 0.2) is 5.96 Å². The van der Waals surface area contributed by atoms with Gasteiger partial charge in [-0.15, -0.1) is 0 Å². The van der Waals surface area contributed by atoms with Crippen molar-refractivity contribution in [2.24, 2.45) is 17.8 Å². The highest BCUT2D eigenvalue weighted by Gasteiger charge is 2.10. The molecule has 0 unspecified atom stereocenters. The molecule has 0 amide bonds. The number of hydrogen-bond donors (Lipinski definition) is 1. The summed E-state index contributed by atoms with van der Waals surface area (Å²) in [6.07, 6.45) is 11.2. The summed E-state index contributed by atoms with van der Waals surface area (Å²) in [5, 5.41) is 4.16. The Kier molecular flexibility index (Phi) is 5.24. The first kappa shape index (κ1) is 13.9. The van der Waals surface area contributed by atoms with Crippen molar-refractivity contribution in [1.29, 1.82) is 0 Å². The molecule has 0 saturated carbocycles. The van der Waals surface area contributed by atoms with Crippen molar-refractivity contribution < 1.29 is 0 Å². The van der Waals surface area contributed by atoms with Gasteiger partial charge in [-0.25, -0.2) is 0 Å². The third-order valence-corrected chi connectivity index (χ3v) is 3.59. The van der Waals surface area contributed by atoms with Gasteiger partial charge >= 0.3 is 0 Å². The minimum Gasteiger partial charge on any atom is -0.370 e. The number of nitrogens with zero attached hydrogens (tertiary/aromatic N) is 4. The van der Waals surface area contributed by atoms with Crippen LogP contribution in [0, 0.1) is 0 Å². The van der Waals surface area contributed by atoms with Gasteiger partial charge in [0, 0.05) is 32.9 Å². The molecule has 5 heteroatoms. The van der Waals surface area contributed by atoms with Gasteiger partial charge in [-0.05, 0) is 31.2 Å². The molecule has 0 aliphatic carbocycles. The SMILES string of the molecule is Cn1cc(CCCN=C(N)N2CCCCCC2)cn1. The number of guanidine groups is 1. The van der Waals surface area contributed by atoms with Gasteiger partial charge in [0.25, 0.3) is 0 Å². The van der Waals surface area contributed by atoms with E-state index in [1.165, 1.54) is 31.2 Å². The van der Waals surface area contributed by atoms with Crippen LogP contribution >= 0.6 is 0 Å². The van der Waals surface area contributed by atoms with Gasteiger partial charge in [-0.2, -0.15) is 5.10 Å². The van der Waals surface area contributed by atoms with Gasteiger partial charge < -0.3 is 10.6 Å². The maximum absolute atomic E-state index is 6.06. The summed E-state index contributed by atoms with van der Waals surface area (Å²) < 4.78 is 1.84. The third kappa shape index (κ3) is 4.58. The van der Waals surface area contributed by atoms with Crippen molar-refractivity contribution in [2.75, 3.05) is 19.6 Å². The second-order valence-electron chi connectivity index (χ2n) is 5.27. The normalized spacial score (nSPS) is 17.5. The van der Waals surface area contributed by atoms with E-state index < -0.39 is 0 Å². The summed E-state index contributed by atoms with van der Waals surface area (Å²) in [5.41, 5.74) is 7.33. The van der Waals surface area contributed by atoms with Gasteiger partial charge in [0.2, 0.25) is 0 Å². The second-order valence-corrected chi connectivity index (χ2v) is 5.27. The number of aryl methyl sites for hydroxylation is 2. The van der Waals surface area contributed by atoms with Crippen molar-refractivity contribution in [3.63, 3.8) is 0 Å². The Labute approximate surface area is 115 Å². The van der Waals surface area contributed by atoms with Crippen LogP contribution < -0.4 is 5.73 Å². The van der Waals surface area contributed by atoms with E-state index in [9.17, 15) is 0 Å². The number of aliphatic imine (C=N–C) groups is 1. The Morgan fingerprint density at radius 3 is 2.68 bits per heavy atom. The maximum atomic E-state index is 6.06. The Morgan fingerprint density at radius 2 is 2.05 bits per heavy atom. The molecule has 0 radical (unpaired) electrons. The molecule has 1 aliphatic rings. The smallest absolute Gasteiger partial charge is 0.191 e. The maximum Gasteiger partial charge on any atom is 0.191 e. The molecule has 0 spiro atoms. The zero-order valence-electron chi connectivity index (χ0n) is 11.9. The quantitative estimate of drug-likeness (QED) is 0.509. The van der Waals surface area contributed by atoms with Crippen molar-refractivity contribution in [2.45, 2.75) is 38.5 Å². The van der Waals surface area contributed by atoms with Crippen LogP contribution in [0.25, 0.3) is 0 Å². The summed E-state index contributed by atoms with van der Waals surface area (Å²) in [4.78, 5) is 6.74. The van der Waals surface area contributed by atoms with Gasteiger partial charge in [0.05, 0.1) is 6.20 Å². The second kappa shape index (κ2) is 7.16. The highest BCUT2D eigenvalue weighted by atomic mass is 15.2. The van der Waals surface area contributed by atoms with Crippen molar-refractivity contribution in [3.8, 4) is 0 Å². The zero-order chi connectivity index (χ0) is 13.5. The van der Waals surface area contributed by atoms with Gasteiger partial charge in [-0.3, -0.25) is 9.67 Å². The van der Waals surface area contributed by atoms with Gasteiger partial charge in [-0.1, -0.05) is 12.8 Å².